The maximum absolute atomic E-state index is 6.22. The molecule has 0 saturated carbocycles. The van der Waals surface area contributed by atoms with Crippen molar-refractivity contribution in [3.8, 4) is 0 Å². The van der Waals surface area contributed by atoms with Crippen molar-refractivity contribution in [1.29, 1.82) is 0 Å². The number of hydrogen-bond donors (Lipinski definition) is 1. The van der Waals surface area contributed by atoms with Gasteiger partial charge < -0.3 is 5.73 Å². The summed E-state index contributed by atoms with van der Waals surface area (Å²) in [5.74, 6) is 0. The Labute approximate surface area is 114 Å². The van der Waals surface area contributed by atoms with Gasteiger partial charge in [0.25, 0.3) is 0 Å². The Morgan fingerprint density at radius 3 is 2.59 bits per heavy atom. The number of aromatic nitrogens is 1. The van der Waals surface area contributed by atoms with Crippen LogP contribution in [0.4, 0.5) is 0 Å². The SMILES string of the molecule is Cc1csc(C(N)Cc2nc(C)c(C)s2)c1Cl. The average Bonchev–Trinajstić information content (AvgIpc) is 2.73. The molecule has 2 heterocycles. The van der Waals surface area contributed by atoms with E-state index in [9.17, 15) is 0 Å². The van der Waals surface area contributed by atoms with Gasteiger partial charge >= 0.3 is 0 Å². The number of thiophene rings is 1. The fourth-order valence-corrected chi connectivity index (χ4v) is 3.94. The number of nitrogens with two attached hydrogens (primary N) is 1. The molecule has 2 aromatic heterocycles. The summed E-state index contributed by atoms with van der Waals surface area (Å²) in [7, 11) is 0. The zero-order valence-corrected chi connectivity index (χ0v) is 12.5. The number of aryl methyl sites for hydroxylation is 3. The van der Waals surface area contributed by atoms with Gasteiger partial charge in [-0.2, -0.15) is 0 Å². The lowest BCUT2D eigenvalue weighted by Gasteiger charge is -2.08. The quantitative estimate of drug-likeness (QED) is 0.925. The van der Waals surface area contributed by atoms with Gasteiger partial charge in [-0.1, -0.05) is 11.6 Å². The van der Waals surface area contributed by atoms with Crippen molar-refractivity contribution in [3.63, 3.8) is 0 Å². The van der Waals surface area contributed by atoms with E-state index in [0.717, 1.165) is 32.6 Å². The highest BCUT2D eigenvalue weighted by molar-refractivity contribution is 7.12. The topological polar surface area (TPSA) is 38.9 Å². The van der Waals surface area contributed by atoms with E-state index in [2.05, 4.69) is 17.3 Å². The second-order valence-corrected chi connectivity index (χ2v) is 6.73. The molecule has 0 aliphatic rings. The molecule has 0 aliphatic heterocycles. The molecule has 1 atom stereocenters. The van der Waals surface area contributed by atoms with Crippen LogP contribution >= 0.6 is 34.3 Å². The molecule has 0 amide bonds. The van der Waals surface area contributed by atoms with Crippen LogP contribution in [0.5, 0.6) is 0 Å². The highest BCUT2D eigenvalue weighted by atomic mass is 35.5. The normalized spacial score (nSPS) is 13.0. The lowest BCUT2D eigenvalue weighted by atomic mass is 10.2. The van der Waals surface area contributed by atoms with Crippen LogP contribution < -0.4 is 5.73 Å². The summed E-state index contributed by atoms with van der Waals surface area (Å²) in [5.41, 5.74) is 8.40. The second-order valence-electron chi connectivity index (χ2n) is 4.16. The van der Waals surface area contributed by atoms with Gasteiger partial charge in [-0.15, -0.1) is 22.7 Å². The molecule has 2 rings (SSSR count). The summed E-state index contributed by atoms with van der Waals surface area (Å²) in [6.45, 7) is 6.13. The van der Waals surface area contributed by atoms with Crippen LogP contribution in [0.2, 0.25) is 5.02 Å². The van der Waals surface area contributed by atoms with Crippen molar-refractivity contribution in [2.24, 2.45) is 5.73 Å². The van der Waals surface area contributed by atoms with E-state index in [4.69, 9.17) is 17.3 Å². The smallest absolute Gasteiger partial charge is 0.0950 e. The number of nitrogens with zero attached hydrogens (tertiary/aromatic N) is 1. The summed E-state index contributed by atoms with van der Waals surface area (Å²) in [5, 5.41) is 3.96. The highest BCUT2D eigenvalue weighted by Gasteiger charge is 2.16. The zero-order valence-electron chi connectivity index (χ0n) is 10.1. The van der Waals surface area contributed by atoms with Crippen LogP contribution in [0.25, 0.3) is 0 Å². The van der Waals surface area contributed by atoms with E-state index in [1.54, 1.807) is 22.7 Å². The van der Waals surface area contributed by atoms with Crippen molar-refractivity contribution >= 4 is 34.3 Å². The number of hydrogen-bond acceptors (Lipinski definition) is 4. The van der Waals surface area contributed by atoms with Crippen molar-refractivity contribution in [3.05, 3.63) is 36.4 Å². The maximum Gasteiger partial charge on any atom is 0.0950 e. The first-order chi connectivity index (χ1) is 7.99. The standard InChI is InChI=1S/C12H15ClN2S2/c1-6-5-16-12(11(6)13)9(14)4-10-15-7(2)8(3)17-10/h5,9H,4,14H2,1-3H3. The molecule has 2 nitrogen and oxygen atoms in total. The minimum atomic E-state index is -0.0499. The van der Waals surface area contributed by atoms with Gasteiger partial charge in [-0.3, -0.25) is 0 Å². The lowest BCUT2D eigenvalue weighted by Crippen LogP contribution is -2.12. The molecule has 0 bridgehead atoms. The molecular formula is C12H15ClN2S2. The van der Waals surface area contributed by atoms with Gasteiger partial charge in [0, 0.05) is 22.2 Å². The Morgan fingerprint density at radius 1 is 1.41 bits per heavy atom. The predicted octanol–water partition coefficient (Wildman–Crippen LogP) is 4.03. The first kappa shape index (κ1) is 13.0. The van der Waals surface area contributed by atoms with Crippen molar-refractivity contribution < 1.29 is 0 Å². The molecule has 0 saturated heterocycles. The van der Waals surface area contributed by atoms with Crippen LogP contribution in [0, 0.1) is 20.8 Å². The van der Waals surface area contributed by atoms with Crippen LogP contribution in [-0.2, 0) is 6.42 Å². The molecule has 2 N–H and O–H groups in total. The molecule has 5 heteroatoms. The van der Waals surface area contributed by atoms with Gasteiger partial charge in [-0.25, -0.2) is 4.98 Å². The summed E-state index contributed by atoms with van der Waals surface area (Å²) >= 11 is 9.57. The van der Waals surface area contributed by atoms with E-state index < -0.39 is 0 Å². The molecule has 92 valence electrons. The average molecular weight is 287 g/mol. The van der Waals surface area contributed by atoms with Crippen LogP contribution in [-0.4, -0.2) is 4.98 Å². The van der Waals surface area contributed by atoms with Crippen molar-refractivity contribution in [2.45, 2.75) is 33.2 Å². The van der Waals surface area contributed by atoms with E-state index >= 15 is 0 Å². The summed E-state index contributed by atoms with van der Waals surface area (Å²) in [6.07, 6.45) is 0.763. The Hall–Kier alpha value is -0.420. The largest absolute Gasteiger partial charge is 0.323 e. The molecule has 0 aliphatic carbocycles. The Balaban J connectivity index is 2.16. The number of rotatable bonds is 3. The van der Waals surface area contributed by atoms with E-state index in [0.29, 0.717) is 0 Å². The Bertz CT molecular complexity index is 511. The molecular weight excluding hydrogens is 272 g/mol. The summed E-state index contributed by atoms with van der Waals surface area (Å²) < 4.78 is 0. The number of thiazole rings is 1. The molecule has 17 heavy (non-hydrogen) atoms. The third-order valence-electron chi connectivity index (χ3n) is 2.73. The highest BCUT2D eigenvalue weighted by Crippen LogP contribution is 2.33. The summed E-state index contributed by atoms with van der Waals surface area (Å²) in [6, 6.07) is -0.0499. The Morgan fingerprint density at radius 2 is 2.12 bits per heavy atom. The van der Waals surface area contributed by atoms with Crippen LogP contribution in [0.15, 0.2) is 5.38 Å². The van der Waals surface area contributed by atoms with E-state index in [1.165, 1.54) is 4.88 Å². The van der Waals surface area contributed by atoms with Gasteiger partial charge in [-0.05, 0) is 31.7 Å². The summed E-state index contributed by atoms with van der Waals surface area (Å²) in [4.78, 5) is 6.84. The molecule has 0 fully saturated rings. The fraction of sp³-hybridized carbons (Fsp3) is 0.417. The predicted molar refractivity (Wildman–Crippen MR) is 76.3 cm³/mol. The van der Waals surface area contributed by atoms with Gasteiger partial charge in [0.1, 0.15) is 0 Å². The third kappa shape index (κ3) is 2.71. The van der Waals surface area contributed by atoms with Gasteiger partial charge in [0.2, 0.25) is 0 Å². The molecule has 2 aromatic rings. The molecule has 1 unspecified atom stereocenters. The fourth-order valence-electron chi connectivity index (χ4n) is 1.61. The second kappa shape index (κ2) is 5.06. The van der Waals surface area contributed by atoms with Crippen molar-refractivity contribution in [2.75, 3.05) is 0 Å². The minimum Gasteiger partial charge on any atom is -0.323 e. The lowest BCUT2D eigenvalue weighted by molar-refractivity contribution is 0.730. The van der Waals surface area contributed by atoms with Crippen LogP contribution in [0.3, 0.4) is 0 Å². The zero-order chi connectivity index (χ0) is 12.6. The van der Waals surface area contributed by atoms with Crippen LogP contribution in [0.1, 0.15) is 32.1 Å². The van der Waals surface area contributed by atoms with E-state index in [1.807, 2.05) is 13.8 Å². The first-order valence-corrected chi connectivity index (χ1v) is 7.48. The van der Waals surface area contributed by atoms with Gasteiger partial charge in [0.05, 0.1) is 15.7 Å². The third-order valence-corrected chi connectivity index (χ3v) is 5.67. The van der Waals surface area contributed by atoms with Crippen molar-refractivity contribution in [1.82, 2.24) is 4.98 Å². The van der Waals surface area contributed by atoms with E-state index in [-0.39, 0.29) is 6.04 Å². The maximum atomic E-state index is 6.22. The minimum absolute atomic E-state index is 0.0499. The molecule has 0 aromatic carbocycles. The van der Waals surface area contributed by atoms with Gasteiger partial charge in [0.15, 0.2) is 0 Å². The molecule has 0 radical (unpaired) electrons. The number of halogens is 1. The first-order valence-electron chi connectivity index (χ1n) is 5.41. The Kier molecular flexibility index (Phi) is 3.88. The monoisotopic (exact) mass is 286 g/mol. The molecule has 0 spiro atoms.